The van der Waals surface area contributed by atoms with Gasteiger partial charge in [-0.2, -0.15) is 4.98 Å². The second-order valence-electron chi connectivity index (χ2n) is 4.40. The fraction of sp³-hybridized carbons (Fsp3) is 0.308. The lowest BCUT2D eigenvalue weighted by Gasteiger charge is -2.25. The number of rotatable bonds is 3. The molecule has 0 spiro atoms. The van der Waals surface area contributed by atoms with Crippen molar-refractivity contribution in [3.8, 4) is 0 Å². The SMILES string of the molecule is O=C(Nc1nc(N2CCOCC2)n[nH]1)c1ccccc1. The molecule has 0 bridgehead atoms. The molecule has 0 saturated carbocycles. The molecular formula is C13H15N5O2. The fourth-order valence-corrected chi connectivity index (χ4v) is 1.98. The van der Waals surface area contributed by atoms with Crippen LogP contribution in [0, 0.1) is 0 Å². The van der Waals surface area contributed by atoms with Gasteiger partial charge < -0.3 is 9.64 Å². The van der Waals surface area contributed by atoms with Crippen molar-refractivity contribution in [3.63, 3.8) is 0 Å². The van der Waals surface area contributed by atoms with Crippen molar-refractivity contribution in [2.75, 3.05) is 36.5 Å². The van der Waals surface area contributed by atoms with E-state index in [1.165, 1.54) is 0 Å². The number of hydrogen-bond donors (Lipinski definition) is 2. The van der Waals surface area contributed by atoms with Gasteiger partial charge in [-0.1, -0.05) is 18.2 Å². The van der Waals surface area contributed by atoms with Crippen LogP contribution in [0.5, 0.6) is 0 Å². The number of amides is 1. The van der Waals surface area contributed by atoms with E-state index in [4.69, 9.17) is 4.74 Å². The molecule has 1 aliphatic rings. The van der Waals surface area contributed by atoms with Gasteiger partial charge in [0.05, 0.1) is 13.2 Å². The smallest absolute Gasteiger partial charge is 0.258 e. The van der Waals surface area contributed by atoms with Crippen LogP contribution in [0.3, 0.4) is 0 Å². The molecule has 0 unspecified atom stereocenters. The van der Waals surface area contributed by atoms with E-state index in [1.807, 2.05) is 23.1 Å². The zero-order valence-corrected chi connectivity index (χ0v) is 10.9. The third-order valence-electron chi connectivity index (χ3n) is 3.04. The van der Waals surface area contributed by atoms with Crippen LogP contribution in [0.1, 0.15) is 10.4 Å². The Balaban J connectivity index is 1.66. The molecule has 1 aliphatic heterocycles. The summed E-state index contributed by atoms with van der Waals surface area (Å²) in [5.41, 5.74) is 0.580. The van der Waals surface area contributed by atoms with Crippen LogP contribution in [0.15, 0.2) is 30.3 Å². The number of carbonyl (C=O) groups excluding carboxylic acids is 1. The third-order valence-corrected chi connectivity index (χ3v) is 3.04. The molecule has 7 heteroatoms. The molecule has 2 heterocycles. The van der Waals surface area contributed by atoms with Gasteiger partial charge in [0.2, 0.25) is 11.9 Å². The number of ether oxygens (including phenoxy) is 1. The highest BCUT2D eigenvalue weighted by molar-refractivity contribution is 6.03. The first kappa shape index (κ1) is 12.6. The standard InChI is InChI=1S/C13H15N5O2/c19-11(10-4-2-1-3-5-10)14-12-15-13(17-16-12)18-6-8-20-9-7-18/h1-5H,6-9H2,(H2,14,15,16,17,19). The van der Waals surface area contributed by atoms with Gasteiger partial charge in [-0.25, -0.2) is 5.10 Å². The van der Waals surface area contributed by atoms with Crippen LogP contribution in [-0.2, 0) is 4.74 Å². The largest absolute Gasteiger partial charge is 0.378 e. The molecule has 2 aromatic rings. The highest BCUT2D eigenvalue weighted by Gasteiger charge is 2.16. The summed E-state index contributed by atoms with van der Waals surface area (Å²) in [4.78, 5) is 18.3. The van der Waals surface area contributed by atoms with Gasteiger partial charge in [0.25, 0.3) is 5.91 Å². The van der Waals surface area contributed by atoms with E-state index in [2.05, 4.69) is 20.5 Å². The van der Waals surface area contributed by atoms with Crippen LogP contribution in [0.4, 0.5) is 11.9 Å². The maximum absolute atomic E-state index is 12.0. The van der Waals surface area contributed by atoms with Gasteiger partial charge in [-0.15, -0.1) is 5.10 Å². The quantitative estimate of drug-likeness (QED) is 0.868. The van der Waals surface area contributed by atoms with Crippen LogP contribution in [-0.4, -0.2) is 47.4 Å². The summed E-state index contributed by atoms with van der Waals surface area (Å²) in [7, 11) is 0. The molecule has 0 atom stereocenters. The lowest BCUT2D eigenvalue weighted by molar-refractivity contribution is 0.102. The lowest BCUT2D eigenvalue weighted by atomic mass is 10.2. The van der Waals surface area contributed by atoms with E-state index in [0.29, 0.717) is 30.7 Å². The number of hydrogen-bond acceptors (Lipinski definition) is 5. The van der Waals surface area contributed by atoms with Crippen molar-refractivity contribution in [2.45, 2.75) is 0 Å². The van der Waals surface area contributed by atoms with Gasteiger partial charge in [0.1, 0.15) is 0 Å². The number of morpholine rings is 1. The van der Waals surface area contributed by atoms with Crippen LogP contribution >= 0.6 is 0 Å². The van der Waals surface area contributed by atoms with Crippen molar-refractivity contribution in [2.24, 2.45) is 0 Å². The van der Waals surface area contributed by atoms with Crippen LogP contribution in [0.2, 0.25) is 0 Å². The first-order valence-electron chi connectivity index (χ1n) is 6.44. The minimum atomic E-state index is -0.213. The fourth-order valence-electron chi connectivity index (χ4n) is 1.98. The van der Waals surface area contributed by atoms with E-state index in [-0.39, 0.29) is 5.91 Å². The molecule has 20 heavy (non-hydrogen) atoms. The Morgan fingerprint density at radius 3 is 2.75 bits per heavy atom. The molecule has 0 radical (unpaired) electrons. The molecular weight excluding hydrogens is 258 g/mol. The lowest BCUT2D eigenvalue weighted by Crippen LogP contribution is -2.36. The number of benzene rings is 1. The summed E-state index contributed by atoms with van der Waals surface area (Å²) in [6.45, 7) is 2.84. The molecule has 0 aliphatic carbocycles. The molecule has 3 rings (SSSR count). The molecule has 1 amide bonds. The van der Waals surface area contributed by atoms with E-state index in [0.717, 1.165) is 13.1 Å². The molecule has 2 N–H and O–H groups in total. The predicted molar refractivity (Wildman–Crippen MR) is 73.8 cm³/mol. The summed E-state index contributed by atoms with van der Waals surface area (Å²) in [5, 5.41) is 9.53. The highest BCUT2D eigenvalue weighted by Crippen LogP contribution is 2.12. The third kappa shape index (κ3) is 2.77. The Labute approximate surface area is 116 Å². The second-order valence-corrected chi connectivity index (χ2v) is 4.40. The molecule has 1 aromatic carbocycles. The maximum atomic E-state index is 12.0. The van der Waals surface area contributed by atoms with Gasteiger partial charge in [0, 0.05) is 18.7 Å². The number of anilines is 2. The van der Waals surface area contributed by atoms with Gasteiger partial charge >= 0.3 is 0 Å². The minimum Gasteiger partial charge on any atom is -0.378 e. The number of H-pyrrole nitrogens is 1. The Morgan fingerprint density at radius 1 is 1.25 bits per heavy atom. The monoisotopic (exact) mass is 273 g/mol. The summed E-state index contributed by atoms with van der Waals surface area (Å²) in [6, 6.07) is 8.98. The topological polar surface area (TPSA) is 83.1 Å². The Kier molecular flexibility index (Phi) is 3.60. The molecule has 1 fully saturated rings. The predicted octanol–water partition coefficient (Wildman–Crippen LogP) is 0.894. The summed E-state index contributed by atoms with van der Waals surface area (Å²) >= 11 is 0. The number of carbonyl (C=O) groups is 1. The molecule has 7 nitrogen and oxygen atoms in total. The first-order valence-corrected chi connectivity index (χ1v) is 6.44. The minimum absolute atomic E-state index is 0.213. The Bertz CT molecular complexity index is 577. The van der Waals surface area contributed by atoms with E-state index in [9.17, 15) is 4.79 Å². The normalized spacial score (nSPS) is 15.1. The summed E-state index contributed by atoms with van der Waals surface area (Å²) in [5.74, 6) is 0.715. The van der Waals surface area contributed by atoms with Gasteiger partial charge in [-0.05, 0) is 12.1 Å². The number of nitrogens with one attached hydrogen (secondary N) is 2. The molecule has 1 saturated heterocycles. The zero-order chi connectivity index (χ0) is 13.8. The highest BCUT2D eigenvalue weighted by atomic mass is 16.5. The molecule has 104 valence electrons. The van der Waals surface area contributed by atoms with Crippen molar-refractivity contribution in [1.29, 1.82) is 0 Å². The first-order chi connectivity index (χ1) is 9.83. The van der Waals surface area contributed by atoms with Gasteiger partial charge in [0.15, 0.2) is 0 Å². The van der Waals surface area contributed by atoms with Crippen molar-refractivity contribution in [3.05, 3.63) is 35.9 Å². The van der Waals surface area contributed by atoms with Crippen LogP contribution < -0.4 is 10.2 Å². The zero-order valence-electron chi connectivity index (χ0n) is 10.9. The summed E-state index contributed by atoms with van der Waals surface area (Å²) < 4.78 is 5.27. The Hall–Kier alpha value is -2.41. The second kappa shape index (κ2) is 5.70. The Morgan fingerprint density at radius 2 is 2.00 bits per heavy atom. The van der Waals surface area contributed by atoms with Crippen LogP contribution in [0.25, 0.3) is 0 Å². The number of nitrogens with zero attached hydrogens (tertiary/aromatic N) is 3. The van der Waals surface area contributed by atoms with E-state index in [1.54, 1.807) is 12.1 Å². The average molecular weight is 273 g/mol. The average Bonchev–Trinajstić information content (AvgIpc) is 2.97. The number of aromatic nitrogens is 3. The van der Waals surface area contributed by atoms with E-state index < -0.39 is 0 Å². The molecule has 1 aromatic heterocycles. The van der Waals surface area contributed by atoms with E-state index >= 15 is 0 Å². The number of aromatic amines is 1. The van der Waals surface area contributed by atoms with Gasteiger partial charge in [-0.3, -0.25) is 10.1 Å². The van der Waals surface area contributed by atoms with Crippen molar-refractivity contribution < 1.29 is 9.53 Å². The maximum Gasteiger partial charge on any atom is 0.258 e. The van der Waals surface area contributed by atoms with Crippen molar-refractivity contribution in [1.82, 2.24) is 15.2 Å². The summed E-state index contributed by atoms with van der Waals surface area (Å²) in [6.07, 6.45) is 0. The van der Waals surface area contributed by atoms with Crippen molar-refractivity contribution >= 4 is 17.8 Å².